The Balaban J connectivity index is 1.63. The van der Waals surface area contributed by atoms with Crippen LogP contribution in [0.1, 0.15) is 57.5 Å². The number of imidazole rings is 1. The van der Waals surface area contributed by atoms with Gasteiger partial charge in [-0.2, -0.15) is 12.7 Å². The van der Waals surface area contributed by atoms with Crippen molar-refractivity contribution in [2.24, 2.45) is 0 Å². The second-order valence-corrected chi connectivity index (χ2v) is 21.2. The fourth-order valence-corrected chi connectivity index (χ4v) is 9.25. The molecule has 3 heterocycles. The van der Waals surface area contributed by atoms with Gasteiger partial charge < -0.3 is 23.7 Å². The van der Waals surface area contributed by atoms with Gasteiger partial charge in [-0.15, -0.1) is 0 Å². The van der Waals surface area contributed by atoms with E-state index >= 15 is 0 Å². The van der Waals surface area contributed by atoms with Crippen molar-refractivity contribution in [3.8, 4) is 0 Å². The predicted octanol–water partition coefficient (Wildman–Crippen LogP) is 4.97. The Morgan fingerprint density at radius 1 is 0.978 bits per heavy atom. The lowest BCUT2D eigenvalue weighted by atomic mass is 10.0. The van der Waals surface area contributed by atoms with Gasteiger partial charge in [-0.05, 0) is 30.0 Å². The van der Waals surface area contributed by atoms with Crippen molar-refractivity contribution in [2.45, 2.75) is 102 Å². The van der Waals surface area contributed by atoms with E-state index in [4.69, 9.17) is 28.7 Å². The predicted molar refractivity (Wildman–Crippen MR) is 175 cm³/mol. The lowest BCUT2D eigenvalue weighted by Crippen LogP contribution is -2.56. The summed E-state index contributed by atoms with van der Waals surface area (Å²) < 4.78 is 63.2. The fourth-order valence-electron chi connectivity index (χ4n) is 5.51. The monoisotopic (exact) mass is 657 g/mol. The molecule has 12 heteroatoms. The number of ether oxygens (including phenoxy) is 5. The maximum absolute atomic E-state index is 14.2. The summed E-state index contributed by atoms with van der Waals surface area (Å²) in [6.07, 6.45) is -1.96. The zero-order valence-corrected chi connectivity index (χ0v) is 29.6. The van der Waals surface area contributed by atoms with Crippen LogP contribution < -0.4 is 5.45 Å². The molecule has 5 rings (SSSR count). The molecule has 0 saturated carbocycles. The van der Waals surface area contributed by atoms with E-state index in [1.807, 2.05) is 74.5 Å². The minimum absolute atomic E-state index is 0.189. The molecular formula is C33H47N3O7SSi. The van der Waals surface area contributed by atoms with E-state index in [9.17, 15) is 8.42 Å². The highest BCUT2D eigenvalue weighted by atomic mass is 32.2. The maximum Gasteiger partial charge on any atom is 0.308 e. The van der Waals surface area contributed by atoms with Crippen molar-refractivity contribution in [1.82, 2.24) is 13.3 Å². The van der Waals surface area contributed by atoms with Crippen molar-refractivity contribution in [2.75, 3.05) is 14.1 Å². The third-order valence-electron chi connectivity index (χ3n) is 9.05. The van der Waals surface area contributed by atoms with Crippen LogP contribution >= 0.6 is 0 Å². The van der Waals surface area contributed by atoms with Crippen molar-refractivity contribution < 1.29 is 32.1 Å². The molecular weight excluding hydrogens is 611 g/mol. The van der Waals surface area contributed by atoms with E-state index in [0.29, 0.717) is 17.7 Å². The standard InChI is InChI=1S/C33H47N3O7SSi/c1-32(2,3)45(8,9)31-34-20-25(36(31)44(37,38)35(6)7)26(39-21-23-16-12-10-13-17-23)28-27(40-22-24-18-14-11-15-19-24)29-30(41-28)43-33(4,5)42-29/h10-20,26-30H,21-22H2,1-9H3/t26-,27+,28-,29-,30-/m1/s1. The average Bonchev–Trinajstić information content (AvgIpc) is 3.64. The maximum atomic E-state index is 14.2. The molecule has 45 heavy (non-hydrogen) atoms. The molecule has 2 fully saturated rings. The van der Waals surface area contributed by atoms with Gasteiger partial charge in [0.25, 0.3) is 0 Å². The molecule has 2 aliphatic rings. The molecule has 10 nitrogen and oxygen atoms in total. The van der Waals surface area contributed by atoms with E-state index in [2.05, 4.69) is 33.9 Å². The summed E-state index contributed by atoms with van der Waals surface area (Å²) in [4.78, 5) is 4.84. The highest BCUT2D eigenvalue weighted by Crippen LogP contribution is 2.44. The molecule has 0 aliphatic carbocycles. The molecule has 0 amide bonds. The number of hydrogen-bond donors (Lipinski definition) is 0. The lowest BCUT2D eigenvalue weighted by Gasteiger charge is -2.37. The topological polar surface area (TPSA) is 101 Å². The third kappa shape index (κ3) is 6.84. The van der Waals surface area contributed by atoms with Crippen LogP contribution in [0.4, 0.5) is 0 Å². The van der Waals surface area contributed by atoms with E-state index in [0.717, 1.165) is 11.1 Å². The van der Waals surface area contributed by atoms with Crippen LogP contribution in [0.25, 0.3) is 0 Å². The summed E-state index contributed by atoms with van der Waals surface area (Å²) in [6.45, 7) is 14.9. The first-order valence-corrected chi connectivity index (χ1v) is 19.8. The Morgan fingerprint density at radius 3 is 2.11 bits per heavy atom. The summed E-state index contributed by atoms with van der Waals surface area (Å²) in [5.74, 6) is -0.874. The Labute approximate surface area is 268 Å². The molecule has 0 spiro atoms. The van der Waals surface area contributed by atoms with Crippen molar-refractivity contribution >= 4 is 23.7 Å². The number of rotatable bonds is 11. The molecule has 2 aliphatic heterocycles. The Hall–Kier alpha value is -2.42. The van der Waals surface area contributed by atoms with Crippen LogP contribution in [-0.2, 0) is 47.1 Å². The molecule has 1 aromatic heterocycles. The summed E-state index contributed by atoms with van der Waals surface area (Å²) in [7, 11) is -3.45. The summed E-state index contributed by atoms with van der Waals surface area (Å²) in [5.41, 5.74) is 2.83. The average molecular weight is 658 g/mol. The fraction of sp³-hybridized carbons (Fsp3) is 0.545. The SMILES string of the molecule is CN(C)S(=O)(=O)n1c([C@@H](OCc2ccccc2)[C@H]2O[C@@H]3OC(C)(C)O[C@@H]3[C@H]2OCc2ccccc2)cnc1[Si](C)(C)C(C)(C)C. The second kappa shape index (κ2) is 12.6. The highest BCUT2D eigenvalue weighted by molar-refractivity contribution is 7.87. The minimum Gasteiger partial charge on any atom is -0.368 e. The second-order valence-electron chi connectivity index (χ2n) is 14.0. The molecule has 0 radical (unpaired) electrons. The van der Waals surface area contributed by atoms with Crippen molar-refractivity contribution in [3.63, 3.8) is 0 Å². The van der Waals surface area contributed by atoms with Gasteiger partial charge in [-0.1, -0.05) is 94.5 Å². The molecule has 0 N–H and O–H groups in total. The first-order valence-electron chi connectivity index (χ1n) is 15.4. The molecule has 2 saturated heterocycles. The zero-order chi connectivity index (χ0) is 32.8. The van der Waals surface area contributed by atoms with Gasteiger partial charge in [-0.25, -0.2) is 8.96 Å². The van der Waals surface area contributed by atoms with Crippen LogP contribution in [0.5, 0.6) is 0 Å². The van der Waals surface area contributed by atoms with Gasteiger partial charge in [0, 0.05) is 14.1 Å². The smallest absolute Gasteiger partial charge is 0.308 e. The van der Waals surface area contributed by atoms with E-state index in [1.54, 1.807) is 6.20 Å². The van der Waals surface area contributed by atoms with Gasteiger partial charge in [0.2, 0.25) is 0 Å². The number of nitrogens with zero attached hydrogens (tertiary/aromatic N) is 3. The van der Waals surface area contributed by atoms with Gasteiger partial charge >= 0.3 is 10.2 Å². The molecule has 5 atom stereocenters. The van der Waals surface area contributed by atoms with Gasteiger partial charge in [0.1, 0.15) is 37.9 Å². The number of aromatic nitrogens is 2. The summed E-state index contributed by atoms with van der Waals surface area (Å²) in [6, 6.07) is 19.6. The van der Waals surface area contributed by atoms with E-state index in [-0.39, 0.29) is 11.6 Å². The molecule has 0 unspecified atom stereocenters. The van der Waals surface area contributed by atoms with Crippen LogP contribution in [0.3, 0.4) is 0 Å². The van der Waals surface area contributed by atoms with Crippen LogP contribution in [0, 0.1) is 0 Å². The van der Waals surface area contributed by atoms with Crippen LogP contribution in [0.2, 0.25) is 18.1 Å². The molecule has 2 aromatic carbocycles. The normalized spacial score (nSPS) is 24.2. The molecule has 3 aromatic rings. The number of hydrogen-bond acceptors (Lipinski definition) is 8. The first kappa shape index (κ1) is 33.9. The van der Waals surface area contributed by atoms with Crippen molar-refractivity contribution in [1.29, 1.82) is 0 Å². The minimum atomic E-state index is -4.02. The largest absolute Gasteiger partial charge is 0.368 e. The Kier molecular flexibility index (Phi) is 9.53. The van der Waals surface area contributed by atoms with E-state index < -0.39 is 54.8 Å². The quantitative estimate of drug-likeness (QED) is 0.267. The number of benzene rings is 2. The molecule has 0 bridgehead atoms. The highest BCUT2D eigenvalue weighted by Gasteiger charge is 2.58. The van der Waals surface area contributed by atoms with Crippen molar-refractivity contribution in [3.05, 3.63) is 83.7 Å². The first-order chi connectivity index (χ1) is 21.0. The zero-order valence-electron chi connectivity index (χ0n) is 27.8. The van der Waals surface area contributed by atoms with E-state index in [1.165, 1.54) is 22.4 Å². The third-order valence-corrected chi connectivity index (χ3v) is 16.2. The van der Waals surface area contributed by atoms with Gasteiger partial charge in [-0.3, -0.25) is 0 Å². The Bertz CT molecular complexity index is 1560. The van der Waals surface area contributed by atoms with Crippen LogP contribution in [-0.4, -0.2) is 74.2 Å². The van der Waals surface area contributed by atoms with Gasteiger partial charge in [0.05, 0.1) is 25.1 Å². The van der Waals surface area contributed by atoms with Gasteiger partial charge in [0.15, 0.2) is 12.1 Å². The lowest BCUT2D eigenvalue weighted by molar-refractivity contribution is -0.236. The number of fused-ring (bicyclic) bond motifs is 1. The Morgan fingerprint density at radius 2 is 1.56 bits per heavy atom. The molecule has 246 valence electrons. The van der Waals surface area contributed by atoms with Crippen LogP contribution in [0.15, 0.2) is 66.9 Å². The summed E-state index contributed by atoms with van der Waals surface area (Å²) >= 11 is 0. The summed E-state index contributed by atoms with van der Waals surface area (Å²) in [5, 5.41) is -0.189.